The van der Waals surface area contributed by atoms with Gasteiger partial charge in [-0.3, -0.25) is 9.97 Å². The molecule has 2 aromatic rings. The molecule has 0 aliphatic carbocycles. The number of hydrogen-bond donors (Lipinski definition) is 0. The Bertz CT molecular complexity index is 543. The van der Waals surface area contributed by atoms with Crippen molar-refractivity contribution < 1.29 is 0 Å². The van der Waals surface area contributed by atoms with Gasteiger partial charge in [-0.15, -0.1) is 11.8 Å². The number of fused-ring (bicyclic) bond motifs is 1. The Balaban J connectivity index is 2.08. The summed E-state index contributed by atoms with van der Waals surface area (Å²) >= 11 is 5.29. The molecular formula is C14H18BrN3S. The van der Waals surface area contributed by atoms with Crippen LogP contribution in [0.2, 0.25) is 0 Å². The summed E-state index contributed by atoms with van der Waals surface area (Å²) in [5.41, 5.74) is 1.94. The molecule has 0 aromatic carbocycles. The van der Waals surface area contributed by atoms with Crippen LogP contribution in [0.1, 0.15) is 13.8 Å². The van der Waals surface area contributed by atoms with E-state index in [0.29, 0.717) is 0 Å². The minimum absolute atomic E-state index is 0.946. The van der Waals surface area contributed by atoms with Crippen LogP contribution in [-0.2, 0) is 0 Å². The van der Waals surface area contributed by atoms with Crippen molar-refractivity contribution in [2.24, 2.45) is 0 Å². The van der Waals surface area contributed by atoms with Crippen molar-refractivity contribution in [3.8, 4) is 0 Å². The summed E-state index contributed by atoms with van der Waals surface area (Å²) < 4.78 is 0.970. The zero-order valence-electron chi connectivity index (χ0n) is 11.3. The molecular weight excluding hydrogens is 322 g/mol. The van der Waals surface area contributed by atoms with Gasteiger partial charge < -0.3 is 4.90 Å². The number of aromatic nitrogens is 2. The molecule has 3 nitrogen and oxygen atoms in total. The van der Waals surface area contributed by atoms with Gasteiger partial charge in [-0.1, -0.05) is 13.8 Å². The van der Waals surface area contributed by atoms with E-state index in [0.717, 1.165) is 40.9 Å². The summed E-state index contributed by atoms with van der Waals surface area (Å²) in [5.74, 6) is 1.08. The highest BCUT2D eigenvalue weighted by Gasteiger charge is 2.06. The number of pyridine rings is 2. The standard InChI is InChI=1S/C14H18BrN3S/c1-3-18(4-2)7-8-19-13-5-6-16-12-9-11(15)10-17-14(12)13/h5-6,9-10H,3-4,7-8H2,1-2H3. The lowest BCUT2D eigenvalue weighted by Gasteiger charge is -2.17. The van der Waals surface area contributed by atoms with E-state index in [4.69, 9.17) is 0 Å². The second-order valence-electron chi connectivity index (χ2n) is 4.21. The molecule has 2 aromatic heterocycles. The molecule has 0 fully saturated rings. The van der Waals surface area contributed by atoms with Crippen molar-refractivity contribution in [1.82, 2.24) is 14.9 Å². The molecule has 0 bridgehead atoms. The summed E-state index contributed by atoms with van der Waals surface area (Å²) in [6.45, 7) is 7.74. The average Bonchev–Trinajstić information content (AvgIpc) is 2.43. The summed E-state index contributed by atoms with van der Waals surface area (Å²) in [4.78, 5) is 12.5. The largest absolute Gasteiger partial charge is 0.303 e. The number of hydrogen-bond acceptors (Lipinski definition) is 4. The van der Waals surface area contributed by atoms with Crippen LogP contribution in [0.5, 0.6) is 0 Å². The maximum Gasteiger partial charge on any atom is 0.102 e. The third kappa shape index (κ3) is 3.91. The van der Waals surface area contributed by atoms with E-state index in [2.05, 4.69) is 50.7 Å². The molecule has 2 heterocycles. The monoisotopic (exact) mass is 339 g/mol. The summed E-state index contributed by atoms with van der Waals surface area (Å²) in [7, 11) is 0. The molecule has 0 aliphatic rings. The maximum atomic E-state index is 4.47. The van der Waals surface area contributed by atoms with Gasteiger partial charge in [0.15, 0.2) is 0 Å². The smallest absolute Gasteiger partial charge is 0.102 e. The summed E-state index contributed by atoms with van der Waals surface area (Å²) in [6, 6.07) is 4.06. The highest BCUT2D eigenvalue weighted by molar-refractivity contribution is 9.10. The van der Waals surface area contributed by atoms with Crippen LogP contribution in [0.4, 0.5) is 0 Å². The zero-order valence-corrected chi connectivity index (χ0v) is 13.7. The van der Waals surface area contributed by atoms with E-state index < -0.39 is 0 Å². The lowest BCUT2D eigenvalue weighted by atomic mass is 10.3. The van der Waals surface area contributed by atoms with E-state index in [1.165, 1.54) is 4.90 Å². The minimum atomic E-state index is 0.946. The Kier molecular flexibility index (Phi) is 5.60. The first-order chi connectivity index (χ1) is 9.24. The predicted molar refractivity (Wildman–Crippen MR) is 85.8 cm³/mol. The number of nitrogens with zero attached hydrogens (tertiary/aromatic N) is 3. The Morgan fingerprint density at radius 2 is 2.05 bits per heavy atom. The highest BCUT2D eigenvalue weighted by Crippen LogP contribution is 2.26. The summed E-state index contributed by atoms with van der Waals surface area (Å²) in [5, 5.41) is 0. The molecule has 0 radical (unpaired) electrons. The third-order valence-electron chi connectivity index (χ3n) is 3.07. The molecule has 0 unspecified atom stereocenters. The third-order valence-corrected chi connectivity index (χ3v) is 4.53. The Hall–Kier alpha value is -0.650. The first-order valence-corrected chi connectivity index (χ1v) is 8.27. The number of thioether (sulfide) groups is 1. The van der Waals surface area contributed by atoms with E-state index in [-0.39, 0.29) is 0 Å². The molecule has 0 saturated heterocycles. The SMILES string of the molecule is CCN(CC)CCSc1ccnc2cc(Br)cnc12. The molecule has 0 atom stereocenters. The molecule has 0 aliphatic heterocycles. The van der Waals surface area contributed by atoms with Crippen LogP contribution < -0.4 is 0 Å². The van der Waals surface area contributed by atoms with Crippen LogP contribution >= 0.6 is 27.7 Å². The second-order valence-corrected chi connectivity index (χ2v) is 6.26. The van der Waals surface area contributed by atoms with Gasteiger partial charge in [-0.2, -0.15) is 0 Å². The van der Waals surface area contributed by atoms with Crippen molar-refractivity contribution >= 4 is 38.7 Å². The quantitative estimate of drug-likeness (QED) is 0.748. The van der Waals surface area contributed by atoms with E-state index >= 15 is 0 Å². The van der Waals surface area contributed by atoms with Crippen molar-refractivity contribution in [3.63, 3.8) is 0 Å². The van der Waals surface area contributed by atoms with Crippen molar-refractivity contribution in [2.75, 3.05) is 25.4 Å². The molecule has 5 heteroatoms. The van der Waals surface area contributed by atoms with Gasteiger partial charge >= 0.3 is 0 Å². The van der Waals surface area contributed by atoms with Crippen molar-refractivity contribution in [3.05, 3.63) is 29.0 Å². The van der Waals surface area contributed by atoms with Gasteiger partial charge in [-0.05, 0) is 41.2 Å². The van der Waals surface area contributed by atoms with Crippen LogP contribution in [0, 0.1) is 0 Å². The lowest BCUT2D eigenvalue weighted by Crippen LogP contribution is -2.25. The summed E-state index contributed by atoms with van der Waals surface area (Å²) in [6.07, 6.45) is 3.69. The molecule has 102 valence electrons. The van der Waals surface area contributed by atoms with E-state index in [1.54, 1.807) is 0 Å². The lowest BCUT2D eigenvalue weighted by molar-refractivity contribution is 0.324. The molecule has 0 amide bonds. The van der Waals surface area contributed by atoms with Crippen LogP contribution in [0.15, 0.2) is 33.9 Å². The van der Waals surface area contributed by atoms with Gasteiger partial charge in [0.1, 0.15) is 5.52 Å². The molecule has 2 rings (SSSR count). The van der Waals surface area contributed by atoms with Crippen LogP contribution in [0.3, 0.4) is 0 Å². The molecule has 0 N–H and O–H groups in total. The Morgan fingerprint density at radius 1 is 1.26 bits per heavy atom. The van der Waals surface area contributed by atoms with Gasteiger partial charge in [0.25, 0.3) is 0 Å². The number of halogens is 1. The fraction of sp³-hybridized carbons (Fsp3) is 0.429. The average molecular weight is 340 g/mol. The molecule has 0 saturated carbocycles. The Morgan fingerprint density at radius 3 is 2.79 bits per heavy atom. The van der Waals surface area contributed by atoms with E-state index in [1.807, 2.05) is 30.2 Å². The second kappa shape index (κ2) is 7.22. The maximum absolute atomic E-state index is 4.47. The van der Waals surface area contributed by atoms with Crippen LogP contribution in [-0.4, -0.2) is 40.3 Å². The van der Waals surface area contributed by atoms with Crippen molar-refractivity contribution in [1.29, 1.82) is 0 Å². The van der Waals surface area contributed by atoms with Gasteiger partial charge in [-0.25, -0.2) is 0 Å². The van der Waals surface area contributed by atoms with Gasteiger partial charge in [0, 0.05) is 34.1 Å². The first-order valence-electron chi connectivity index (χ1n) is 6.50. The van der Waals surface area contributed by atoms with Crippen molar-refractivity contribution in [2.45, 2.75) is 18.7 Å². The van der Waals surface area contributed by atoms with Gasteiger partial charge in [0.2, 0.25) is 0 Å². The fourth-order valence-electron chi connectivity index (χ4n) is 1.92. The van der Waals surface area contributed by atoms with Crippen LogP contribution in [0.25, 0.3) is 11.0 Å². The van der Waals surface area contributed by atoms with E-state index in [9.17, 15) is 0 Å². The zero-order chi connectivity index (χ0) is 13.7. The van der Waals surface area contributed by atoms with Gasteiger partial charge in [0.05, 0.1) is 5.52 Å². The first kappa shape index (κ1) is 14.8. The Labute approximate surface area is 126 Å². The fourth-order valence-corrected chi connectivity index (χ4v) is 3.26. The molecule has 19 heavy (non-hydrogen) atoms. The predicted octanol–water partition coefficient (Wildman–Crippen LogP) is 3.83. The number of rotatable bonds is 6. The molecule has 0 spiro atoms. The highest BCUT2D eigenvalue weighted by atomic mass is 79.9. The topological polar surface area (TPSA) is 29.0 Å². The normalized spacial score (nSPS) is 11.4. The minimum Gasteiger partial charge on any atom is -0.303 e.